The molecule has 0 spiro atoms. The van der Waals surface area contributed by atoms with Crippen LogP contribution < -0.4 is 0 Å². The van der Waals surface area contributed by atoms with Crippen LogP contribution in [0.1, 0.15) is 33.6 Å². The van der Waals surface area contributed by atoms with Gasteiger partial charge in [-0.25, -0.2) is 0 Å². The number of hydrogen-bond donors (Lipinski definition) is 0. The molecule has 0 aromatic carbocycles. The van der Waals surface area contributed by atoms with Gasteiger partial charge in [0.05, 0.1) is 0 Å². The highest BCUT2D eigenvalue weighted by Crippen LogP contribution is 2.20. The summed E-state index contributed by atoms with van der Waals surface area (Å²) >= 11 is 0. The van der Waals surface area contributed by atoms with E-state index in [-0.39, 0.29) is 0 Å². The minimum absolute atomic E-state index is 0.634. The third-order valence-electron chi connectivity index (χ3n) is 2.36. The zero-order chi connectivity index (χ0) is 13.1. The smallest absolute Gasteiger partial charge is 0.374 e. The second-order valence-corrected chi connectivity index (χ2v) is 6.43. The van der Waals surface area contributed by atoms with Crippen LogP contribution in [0.2, 0.25) is 6.04 Å². The van der Waals surface area contributed by atoms with Gasteiger partial charge in [0.25, 0.3) is 0 Å². The molecule has 0 bridgehead atoms. The van der Waals surface area contributed by atoms with Crippen molar-refractivity contribution >= 4 is 8.80 Å². The maximum Gasteiger partial charge on any atom is 0.500 e. The van der Waals surface area contributed by atoms with Crippen LogP contribution in [0.25, 0.3) is 0 Å². The van der Waals surface area contributed by atoms with Crippen LogP contribution in [0.4, 0.5) is 0 Å². The van der Waals surface area contributed by atoms with Gasteiger partial charge in [0.15, 0.2) is 0 Å². The lowest BCUT2D eigenvalue weighted by Gasteiger charge is -2.28. The molecule has 3 nitrogen and oxygen atoms in total. The van der Waals surface area contributed by atoms with Crippen LogP contribution >= 0.6 is 0 Å². The minimum atomic E-state index is -2.45. The highest BCUT2D eigenvalue weighted by atomic mass is 28.4. The molecule has 4 heteroatoms. The first-order chi connectivity index (χ1) is 8.14. The van der Waals surface area contributed by atoms with Crippen molar-refractivity contribution in [2.45, 2.75) is 39.7 Å². The first kappa shape index (κ1) is 16.6. The van der Waals surface area contributed by atoms with Gasteiger partial charge >= 0.3 is 8.80 Å². The average molecular weight is 258 g/mol. The van der Waals surface area contributed by atoms with Crippen molar-refractivity contribution in [3.8, 4) is 0 Å². The van der Waals surface area contributed by atoms with E-state index in [1.165, 1.54) is 0 Å². The predicted octanol–water partition coefficient (Wildman–Crippen LogP) is 3.56. The molecule has 0 amide bonds. The Balaban J connectivity index is 4.32. The third kappa shape index (κ3) is 6.78. The SMILES string of the molecule is C=CC(=C)CCC[Si](OCC)(OCC)OCC. The molecule has 0 radical (unpaired) electrons. The highest BCUT2D eigenvalue weighted by Gasteiger charge is 2.39. The van der Waals surface area contributed by atoms with E-state index in [1.807, 2.05) is 20.8 Å². The zero-order valence-corrected chi connectivity index (χ0v) is 12.5. The lowest BCUT2D eigenvalue weighted by Crippen LogP contribution is -2.45. The molecule has 0 aliphatic carbocycles. The van der Waals surface area contributed by atoms with E-state index < -0.39 is 8.80 Å². The van der Waals surface area contributed by atoms with E-state index >= 15 is 0 Å². The molecule has 0 unspecified atom stereocenters. The summed E-state index contributed by atoms with van der Waals surface area (Å²) in [6.45, 7) is 15.4. The number of allylic oxidation sites excluding steroid dienone is 2. The van der Waals surface area contributed by atoms with Crippen LogP contribution in [0.3, 0.4) is 0 Å². The molecule has 0 saturated heterocycles. The Morgan fingerprint density at radius 1 is 1.06 bits per heavy atom. The monoisotopic (exact) mass is 258 g/mol. The van der Waals surface area contributed by atoms with Crippen LogP contribution in [-0.4, -0.2) is 28.6 Å². The second-order valence-electron chi connectivity index (χ2n) is 3.70. The summed E-state index contributed by atoms with van der Waals surface area (Å²) in [5, 5.41) is 0. The van der Waals surface area contributed by atoms with E-state index in [4.69, 9.17) is 13.3 Å². The summed E-state index contributed by atoms with van der Waals surface area (Å²) in [5.41, 5.74) is 1.05. The molecular formula is C13H26O3Si. The first-order valence-electron chi connectivity index (χ1n) is 6.36. The van der Waals surface area contributed by atoms with Gasteiger partial charge in [0.2, 0.25) is 0 Å². The van der Waals surface area contributed by atoms with Gasteiger partial charge in [-0.15, -0.1) is 0 Å². The van der Waals surface area contributed by atoms with Gasteiger partial charge in [-0.2, -0.15) is 0 Å². The van der Waals surface area contributed by atoms with Crippen molar-refractivity contribution in [1.82, 2.24) is 0 Å². The van der Waals surface area contributed by atoms with Crippen molar-refractivity contribution in [2.75, 3.05) is 19.8 Å². The quantitative estimate of drug-likeness (QED) is 0.419. The Bertz CT molecular complexity index is 212. The molecule has 0 aromatic heterocycles. The third-order valence-corrected chi connectivity index (χ3v) is 5.51. The molecular weight excluding hydrogens is 232 g/mol. The van der Waals surface area contributed by atoms with E-state index in [2.05, 4.69) is 13.2 Å². The fourth-order valence-electron chi connectivity index (χ4n) is 1.64. The van der Waals surface area contributed by atoms with Crippen LogP contribution in [0.5, 0.6) is 0 Å². The van der Waals surface area contributed by atoms with Crippen molar-refractivity contribution in [2.24, 2.45) is 0 Å². The summed E-state index contributed by atoms with van der Waals surface area (Å²) in [6, 6.07) is 0.843. The maximum atomic E-state index is 5.76. The Hall–Kier alpha value is -0.423. The molecule has 0 N–H and O–H groups in total. The van der Waals surface area contributed by atoms with Crippen LogP contribution in [-0.2, 0) is 13.3 Å². The largest absolute Gasteiger partial charge is 0.500 e. The fourth-order valence-corrected chi connectivity index (χ4v) is 4.25. The van der Waals surface area contributed by atoms with E-state index in [1.54, 1.807) is 6.08 Å². The van der Waals surface area contributed by atoms with Crippen molar-refractivity contribution in [3.05, 3.63) is 24.8 Å². The molecule has 0 atom stereocenters. The minimum Gasteiger partial charge on any atom is -0.374 e. The van der Waals surface area contributed by atoms with Gasteiger partial charge in [0, 0.05) is 25.9 Å². The van der Waals surface area contributed by atoms with E-state index in [9.17, 15) is 0 Å². The fraction of sp³-hybridized carbons (Fsp3) is 0.692. The predicted molar refractivity (Wildman–Crippen MR) is 74.0 cm³/mol. The molecule has 0 saturated carbocycles. The Kier molecular flexibility index (Phi) is 9.35. The molecule has 17 heavy (non-hydrogen) atoms. The lowest BCUT2D eigenvalue weighted by atomic mass is 10.2. The summed E-state index contributed by atoms with van der Waals surface area (Å²) in [5.74, 6) is 0. The van der Waals surface area contributed by atoms with Crippen LogP contribution in [0.15, 0.2) is 24.8 Å². The van der Waals surface area contributed by atoms with Crippen molar-refractivity contribution in [3.63, 3.8) is 0 Å². The number of hydrogen-bond acceptors (Lipinski definition) is 3. The topological polar surface area (TPSA) is 27.7 Å². The Morgan fingerprint density at radius 2 is 1.53 bits per heavy atom. The summed E-state index contributed by atoms with van der Waals surface area (Å²) in [4.78, 5) is 0. The lowest BCUT2D eigenvalue weighted by molar-refractivity contribution is 0.0709. The van der Waals surface area contributed by atoms with Gasteiger partial charge in [0.1, 0.15) is 0 Å². The molecule has 0 aliphatic rings. The van der Waals surface area contributed by atoms with Crippen LogP contribution in [0, 0.1) is 0 Å². The van der Waals surface area contributed by atoms with Gasteiger partial charge in [-0.1, -0.05) is 24.8 Å². The van der Waals surface area contributed by atoms with E-state index in [0.717, 1.165) is 24.5 Å². The van der Waals surface area contributed by atoms with Gasteiger partial charge in [-0.3, -0.25) is 0 Å². The zero-order valence-electron chi connectivity index (χ0n) is 11.5. The summed E-state index contributed by atoms with van der Waals surface area (Å²) < 4.78 is 17.3. The molecule has 100 valence electrons. The first-order valence-corrected chi connectivity index (χ1v) is 8.29. The molecule has 0 heterocycles. The molecule has 0 aliphatic heterocycles. The molecule has 0 fully saturated rings. The normalized spacial score (nSPS) is 11.5. The Morgan fingerprint density at radius 3 is 1.88 bits per heavy atom. The van der Waals surface area contributed by atoms with Gasteiger partial charge < -0.3 is 13.3 Å². The van der Waals surface area contributed by atoms with Gasteiger partial charge in [-0.05, 0) is 33.6 Å². The summed E-state index contributed by atoms with van der Waals surface area (Å²) in [7, 11) is -2.45. The molecule has 0 aromatic rings. The number of rotatable bonds is 11. The van der Waals surface area contributed by atoms with Crippen molar-refractivity contribution in [1.29, 1.82) is 0 Å². The Labute approximate surface area is 107 Å². The molecule has 0 rings (SSSR count). The maximum absolute atomic E-state index is 5.76. The average Bonchev–Trinajstić information content (AvgIpc) is 2.30. The summed E-state index contributed by atoms with van der Waals surface area (Å²) in [6.07, 6.45) is 3.69. The standard InChI is InChI=1S/C13H26O3Si/c1-6-13(5)11-10-12-17(14-7-2,15-8-3)16-9-4/h6H,1,5,7-12H2,2-4H3. The highest BCUT2D eigenvalue weighted by molar-refractivity contribution is 6.60. The second kappa shape index (κ2) is 9.59. The van der Waals surface area contributed by atoms with Crippen molar-refractivity contribution < 1.29 is 13.3 Å². The van der Waals surface area contributed by atoms with E-state index in [0.29, 0.717) is 19.8 Å².